The maximum Gasteiger partial charge on any atom is 0.251 e. The third-order valence-corrected chi connectivity index (χ3v) is 17.2. The predicted octanol–water partition coefficient (Wildman–Crippen LogP) is 6.67. The summed E-state index contributed by atoms with van der Waals surface area (Å²) in [5, 5.41) is 21.5. The molecule has 9 atom stereocenters. The minimum absolute atomic E-state index is 0.0812. The topological polar surface area (TPSA) is 210 Å². The highest BCUT2D eigenvalue weighted by Gasteiger charge is 2.46. The average Bonchev–Trinajstić information content (AvgIpc) is 3.99. The molecule has 0 radical (unpaired) electrons. The number of nitrogens with one attached hydrogen (secondary N) is 7. The standard InChI is InChI=1S/C67H81N9O7/c1-41(68-6)60(77)73-56(65(82)75-39-50-19-9-8-18-49(50)37-57(75)63(80)71-54-24-14-20-46-16-10-12-22-52(46)54)36-45-30-28-43(29-31-45)26-27-44-32-34-48(35-33-44)62(79)70-51-38-58(64(81)72-55-25-15-21-47-17-11-13-23-53(47)55)76(40-51)66(83)59(67(3,4)5)74-61(78)42(2)69-7/h8-13,16-19,22-23,26-35,41-42,51,54-59,68-69H,14-15,20-21,24-25,36-40H2,1-7H3,(H,70,79)(H,71,80)(H,72,81)(H,73,77)(H,74,78)/b27-26+/t41-,42-,51-,54+,55+,56-,57-,58-,59+/m0/s1. The van der Waals surface area contributed by atoms with Crippen molar-refractivity contribution in [2.75, 3.05) is 20.6 Å². The van der Waals surface area contributed by atoms with Crippen molar-refractivity contribution in [2.45, 2.75) is 153 Å². The Labute approximate surface area is 488 Å². The van der Waals surface area contributed by atoms with Crippen LogP contribution in [0.4, 0.5) is 0 Å². The van der Waals surface area contributed by atoms with Crippen LogP contribution in [0.25, 0.3) is 12.2 Å². The van der Waals surface area contributed by atoms with Gasteiger partial charge >= 0.3 is 0 Å². The minimum atomic E-state index is -0.959. The maximum atomic E-state index is 14.9. The molecule has 83 heavy (non-hydrogen) atoms. The summed E-state index contributed by atoms with van der Waals surface area (Å²) in [5.74, 6) is -2.24. The smallest absolute Gasteiger partial charge is 0.251 e. The van der Waals surface area contributed by atoms with Gasteiger partial charge in [-0.15, -0.1) is 0 Å². The molecule has 2 aliphatic heterocycles. The largest absolute Gasteiger partial charge is 0.347 e. The molecule has 7 N–H and O–H groups in total. The van der Waals surface area contributed by atoms with E-state index in [1.54, 1.807) is 45.0 Å². The summed E-state index contributed by atoms with van der Waals surface area (Å²) in [4.78, 5) is 102. The van der Waals surface area contributed by atoms with E-state index in [0.29, 0.717) is 12.0 Å². The van der Waals surface area contributed by atoms with Crippen LogP contribution >= 0.6 is 0 Å². The molecule has 0 spiro atoms. The Kier molecular flexibility index (Phi) is 19.1. The monoisotopic (exact) mass is 1120 g/mol. The number of amides is 7. The second-order valence-electron chi connectivity index (χ2n) is 24.0. The molecule has 0 unspecified atom stereocenters. The number of benzene rings is 5. The van der Waals surface area contributed by atoms with Crippen LogP contribution in [-0.2, 0) is 61.0 Å². The number of hydrogen-bond donors (Lipinski definition) is 7. The first-order chi connectivity index (χ1) is 39.9. The minimum Gasteiger partial charge on any atom is -0.347 e. The predicted molar refractivity (Wildman–Crippen MR) is 322 cm³/mol. The summed E-state index contributed by atoms with van der Waals surface area (Å²) < 4.78 is 0. The first-order valence-electron chi connectivity index (χ1n) is 29.5. The molecule has 5 aromatic rings. The fourth-order valence-electron chi connectivity index (χ4n) is 12.0. The number of rotatable bonds is 18. The van der Waals surface area contributed by atoms with Crippen molar-refractivity contribution in [2.24, 2.45) is 5.41 Å². The van der Waals surface area contributed by atoms with E-state index in [2.05, 4.69) is 55.4 Å². The molecule has 0 bridgehead atoms. The van der Waals surface area contributed by atoms with Gasteiger partial charge in [-0.25, -0.2) is 0 Å². The van der Waals surface area contributed by atoms with Crippen LogP contribution in [0.15, 0.2) is 121 Å². The number of fused-ring (bicyclic) bond motifs is 3. The lowest BCUT2D eigenvalue weighted by Crippen LogP contribution is -2.59. The van der Waals surface area contributed by atoms with E-state index in [9.17, 15) is 33.6 Å². The summed E-state index contributed by atoms with van der Waals surface area (Å²) in [6.07, 6.45) is 9.97. The molecule has 9 rings (SSSR count). The highest BCUT2D eigenvalue weighted by atomic mass is 16.2. The Morgan fingerprint density at radius 2 is 1.08 bits per heavy atom. The van der Waals surface area contributed by atoms with Crippen molar-refractivity contribution in [1.82, 2.24) is 47.0 Å². The third-order valence-electron chi connectivity index (χ3n) is 17.2. The van der Waals surface area contributed by atoms with E-state index in [4.69, 9.17) is 0 Å². The Morgan fingerprint density at radius 3 is 1.64 bits per heavy atom. The molecule has 0 saturated carbocycles. The third kappa shape index (κ3) is 14.3. The Balaban J connectivity index is 0.863. The molecule has 5 aromatic carbocycles. The second kappa shape index (κ2) is 26.5. The van der Waals surface area contributed by atoms with E-state index in [-0.39, 0.29) is 79.4 Å². The van der Waals surface area contributed by atoms with E-state index >= 15 is 0 Å². The lowest BCUT2D eigenvalue weighted by atomic mass is 9.85. The van der Waals surface area contributed by atoms with Gasteiger partial charge in [0.15, 0.2) is 0 Å². The maximum absolute atomic E-state index is 14.9. The number of carbonyl (C=O) groups is 7. The summed E-state index contributed by atoms with van der Waals surface area (Å²) in [7, 11) is 3.37. The van der Waals surface area contributed by atoms with Gasteiger partial charge in [-0.1, -0.05) is 142 Å². The fraction of sp³-hybridized carbons (Fsp3) is 0.418. The number of likely N-dealkylation sites (tertiary alicyclic amines) is 1. The fourth-order valence-corrected chi connectivity index (χ4v) is 12.0. The molecular formula is C67H81N9O7. The van der Waals surface area contributed by atoms with E-state index in [1.807, 2.05) is 124 Å². The molecule has 1 fully saturated rings. The number of likely N-dealkylation sites (N-methyl/N-ethyl adjacent to an activating group) is 2. The van der Waals surface area contributed by atoms with Gasteiger partial charge in [0.2, 0.25) is 35.4 Å². The lowest BCUT2D eigenvalue weighted by molar-refractivity contribution is -0.145. The Hall–Kier alpha value is -7.95. The van der Waals surface area contributed by atoms with Crippen LogP contribution in [0.5, 0.6) is 0 Å². The van der Waals surface area contributed by atoms with Crippen LogP contribution in [0, 0.1) is 5.41 Å². The highest BCUT2D eigenvalue weighted by Crippen LogP contribution is 2.34. The summed E-state index contributed by atoms with van der Waals surface area (Å²) >= 11 is 0. The molecule has 16 nitrogen and oxygen atoms in total. The number of carbonyl (C=O) groups excluding carboxylic acids is 7. The zero-order valence-electron chi connectivity index (χ0n) is 48.9. The first-order valence-corrected chi connectivity index (χ1v) is 29.5. The van der Waals surface area contributed by atoms with Crippen molar-refractivity contribution in [3.05, 3.63) is 177 Å². The van der Waals surface area contributed by atoms with Crippen LogP contribution in [0.3, 0.4) is 0 Å². The number of nitrogens with zero attached hydrogens (tertiary/aromatic N) is 2. The van der Waals surface area contributed by atoms with Gasteiger partial charge in [-0.2, -0.15) is 0 Å². The SMILES string of the molecule is CN[C@@H](C)C(=O)N[C@@H](Cc1ccc(/C=C/c2ccc(C(=O)N[C@H]3C[C@@H](C(=O)N[C@@H]4CCCc5ccccc54)N(C(=O)[C@@H](NC(=O)[C@H](C)NC)C(C)(C)C)C3)cc2)cc1)C(=O)N1Cc2ccccc2C[C@H]1C(=O)N[C@@H]1CCCc2ccccc21. The zero-order chi connectivity index (χ0) is 59.0. The molecule has 4 aliphatic rings. The number of hydrogen-bond acceptors (Lipinski definition) is 9. The van der Waals surface area contributed by atoms with Gasteiger partial charge < -0.3 is 47.0 Å². The molecule has 1 saturated heterocycles. The van der Waals surface area contributed by atoms with Gasteiger partial charge in [0.25, 0.3) is 5.91 Å². The summed E-state index contributed by atoms with van der Waals surface area (Å²) in [5.41, 5.74) is 8.85. The lowest BCUT2D eigenvalue weighted by Gasteiger charge is -2.39. The van der Waals surface area contributed by atoms with Crippen molar-refractivity contribution in [1.29, 1.82) is 0 Å². The molecular weight excluding hydrogens is 1040 g/mol. The van der Waals surface area contributed by atoms with Crippen molar-refractivity contribution < 1.29 is 33.6 Å². The van der Waals surface area contributed by atoms with Gasteiger partial charge in [0.1, 0.15) is 24.2 Å². The Morgan fingerprint density at radius 1 is 0.578 bits per heavy atom. The van der Waals surface area contributed by atoms with E-state index < -0.39 is 47.7 Å². The van der Waals surface area contributed by atoms with Crippen LogP contribution in [0.2, 0.25) is 0 Å². The molecule has 7 amide bonds. The van der Waals surface area contributed by atoms with Crippen LogP contribution in [0.1, 0.15) is 139 Å². The van der Waals surface area contributed by atoms with Crippen molar-refractivity contribution in [3.63, 3.8) is 0 Å². The van der Waals surface area contributed by atoms with Crippen molar-refractivity contribution >= 4 is 53.5 Å². The molecule has 2 aliphatic carbocycles. The van der Waals surface area contributed by atoms with E-state index in [0.717, 1.165) is 77.5 Å². The highest BCUT2D eigenvalue weighted by molar-refractivity contribution is 5.97. The quantitative estimate of drug-likeness (QED) is 0.0467. The van der Waals surface area contributed by atoms with Gasteiger partial charge in [0, 0.05) is 37.5 Å². The Bertz CT molecular complexity index is 3210. The van der Waals surface area contributed by atoms with E-state index in [1.165, 1.54) is 16.0 Å². The van der Waals surface area contributed by atoms with Gasteiger partial charge in [0.05, 0.1) is 24.2 Å². The summed E-state index contributed by atoms with van der Waals surface area (Å²) in [6.45, 7) is 9.39. The first kappa shape index (κ1) is 59.7. The molecule has 0 aromatic heterocycles. The average molecular weight is 1120 g/mol. The van der Waals surface area contributed by atoms with Gasteiger partial charge in [-0.3, -0.25) is 33.6 Å². The number of aryl methyl sites for hydroxylation is 2. The van der Waals surface area contributed by atoms with Crippen molar-refractivity contribution in [3.8, 4) is 0 Å². The second-order valence-corrected chi connectivity index (χ2v) is 24.0. The molecule has 2 heterocycles. The molecule has 436 valence electrons. The normalized spacial score (nSPS) is 20.8. The molecule has 16 heteroatoms. The van der Waals surface area contributed by atoms with Crippen LogP contribution in [-0.4, -0.2) is 114 Å². The summed E-state index contributed by atoms with van der Waals surface area (Å²) in [6, 6.07) is 33.5. The zero-order valence-corrected chi connectivity index (χ0v) is 48.9. The van der Waals surface area contributed by atoms with Gasteiger partial charge in [-0.05, 0) is 141 Å². The van der Waals surface area contributed by atoms with Crippen LogP contribution < -0.4 is 37.2 Å².